The summed E-state index contributed by atoms with van der Waals surface area (Å²) in [5.41, 5.74) is 7.57. The first-order chi connectivity index (χ1) is 24.0. The zero-order valence-corrected chi connectivity index (χ0v) is 33.4. The summed E-state index contributed by atoms with van der Waals surface area (Å²) in [5, 5.41) is 6.07. The van der Waals surface area contributed by atoms with E-state index in [2.05, 4.69) is 24.5 Å². The summed E-state index contributed by atoms with van der Waals surface area (Å²) >= 11 is 0. The largest absolute Gasteiger partial charge is 0.399 e. The van der Waals surface area contributed by atoms with E-state index in [1.807, 2.05) is 82.8 Å². The Hall–Kier alpha value is -3.22. The molecule has 2 rings (SSSR count). The van der Waals surface area contributed by atoms with Crippen LogP contribution in [-0.4, -0.2) is 123 Å². The zero-order chi connectivity index (χ0) is 38.6. The molecule has 0 aromatic heterocycles. The van der Waals surface area contributed by atoms with E-state index in [4.69, 9.17) is 15.2 Å². The predicted molar refractivity (Wildman–Crippen MR) is 203 cm³/mol. The fourth-order valence-corrected chi connectivity index (χ4v) is 7.59. The number of rotatable bonds is 20. The minimum absolute atomic E-state index is 0.00320. The van der Waals surface area contributed by atoms with Crippen LogP contribution in [0, 0.1) is 23.7 Å². The number of nitrogen functional groups attached to an aromatic ring is 1. The molecule has 1 aliphatic rings. The molecule has 1 heterocycles. The number of carbonyl (C=O) groups excluding carboxylic acids is 4. The lowest BCUT2D eigenvalue weighted by Crippen LogP contribution is -2.59. The van der Waals surface area contributed by atoms with Gasteiger partial charge in [0.25, 0.3) is 0 Å². The van der Waals surface area contributed by atoms with E-state index < -0.39 is 30.2 Å². The molecule has 1 aromatic carbocycles. The summed E-state index contributed by atoms with van der Waals surface area (Å²) in [7, 11) is 8.64. The predicted octanol–water partition coefficient (Wildman–Crippen LogP) is 3.57. The Morgan fingerprint density at radius 1 is 0.941 bits per heavy atom. The molecule has 0 radical (unpaired) electrons. The molecule has 1 fully saturated rings. The molecule has 0 bridgehead atoms. The molecule has 0 saturated carbocycles. The van der Waals surface area contributed by atoms with Gasteiger partial charge >= 0.3 is 0 Å². The summed E-state index contributed by atoms with van der Waals surface area (Å²) in [5.74, 6) is -1.21. The van der Waals surface area contributed by atoms with Crippen molar-refractivity contribution in [2.75, 3.05) is 54.2 Å². The van der Waals surface area contributed by atoms with Crippen molar-refractivity contribution in [3.05, 3.63) is 29.8 Å². The van der Waals surface area contributed by atoms with Gasteiger partial charge < -0.3 is 35.6 Å². The quantitative estimate of drug-likeness (QED) is 0.174. The highest BCUT2D eigenvalue weighted by molar-refractivity contribution is 5.90. The molecular weight excluding hydrogens is 648 g/mol. The van der Waals surface area contributed by atoms with Gasteiger partial charge in [-0.2, -0.15) is 0 Å². The topological polar surface area (TPSA) is 147 Å². The minimum atomic E-state index is -0.743. The number of nitrogens with zero attached hydrogens (tertiary/aromatic N) is 3. The van der Waals surface area contributed by atoms with Crippen molar-refractivity contribution >= 4 is 29.3 Å². The van der Waals surface area contributed by atoms with Gasteiger partial charge in [-0.3, -0.25) is 24.1 Å². The number of likely N-dealkylation sites (tertiary alicyclic amines) is 1. The van der Waals surface area contributed by atoms with E-state index in [-0.39, 0.29) is 59.9 Å². The number of nitrogens with one attached hydrogen (secondary N) is 2. The van der Waals surface area contributed by atoms with Crippen LogP contribution in [0.5, 0.6) is 0 Å². The molecular formula is C39H68N6O6. The van der Waals surface area contributed by atoms with Gasteiger partial charge in [-0.15, -0.1) is 0 Å². The monoisotopic (exact) mass is 717 g/mol. The Morgan fingerprint density at radius 3 is 2.08 bits per heavy atom. The molecule has 12 heteroatoms. The van der Waals surface area contributed by atoms with E-state index in [1.165, 1.54) is 0 Å². The second-order valence-corrected chi connectivity index (χ2v) is 15.3. The van der Waals surface area contributed by atoms with E-state index in [9.17, 15) is 19.2 Å². The first-order valence-electron chi connectivity index (χ1n) is 18.7. The highest BCUT2D eigenvalue weighted by Gasteiger charge is 2.43. The Morgan fingerprint density at radius 2 is 1.57 bits per heavy atom. The fourth-order valence-electron chi connectivity index (χ4n) is 7.59. The van der Waals surface area contributed by atoms with Gasteiger partial charge in [0.1, 0.15) is 6.04 Å². The molecule has 1 saturated heterocycles. The smallest absolute Gasteiger partial charge is 0.245 e. The summed E-state index contributed by atoms with van der Waals surface area (Å²) < 4.78 is 11.9. The van der Waals surface area contributed by atoms with Crippen LogP contribution in [0.15, 0.2) is 24.3 Å². The zero-order valence-electron chi connectivity index (χ0n) is 33.4. The SMILES string of the molecule is CC[C@H](C)[C@@H]([C@@H](CC(=O)N1CCC[C@H]1[C@H](OC)[C@@H](C)C(=O)NCCc1ccc(N)cc1)OC)N(C)C(=O)[C@@H](NC(=O)[C@H](C(C)C)N(C)C)C(C)C. The Balaban J connectivity index is 2.21. The van der Waals surface area contributed by atoms with E-state index >= 15 is 0 Å². The van der Waals surface area contributed by atoms with Crippen LogP contribution in [0.4, 0.5) is 5.69 Å². The minimum Gasteiger partial charge on any atom is -0.399 e. The summed E-state index contributed by atoms with van der Waals surface area (Å²) in [4.78, 5) is 60.3. The fraction of sp³-hybridized carbons (Fsp3) is 0.744. The molecule has 8 atom stereocenters. The number of amides is 4. The molecule has 4 amide bonds. The third-order valence-corrected chi connectivity index (χ3v) is 10.6. The molecule has 12 nitrogen and oxygen atoms in total. The lowest BCUT2D eigenvalue weighted by Gasteiger charge is -2.41. The Labute approximate surface area is 307 Å². The number of carbonyl (C=O) groups is 4. The molecule has 290 valence electrons. The number of hydrogen-bond acceptors (Lipinski definition) is 8. The second-order valence-electron chi connectivity index (χ2n) is 15.3. The van der Waals surface area contributed by atoms with Crippen molar-refractivity contribution in [2.24, 2.45) is 23.7 Å². The molecule has 1 aliphatic heterocycles. The number of anilines is 1. The summed E-state index contributed by atoms with van der Waals surface area (Å²) in [6.45, 7) is 14.8. The average molecular weight is 717 g/mol. The number of likely N-dealkylation sites (N-methyl/N-ethyl adjacent to an activating group) is 2. The lowest BCUT2D eigenvalue weighted by molar-refractivity contribution is -0.148. The van der Waals surface area contributed by atoms with Crippen LogP contribution in [-0.2, 0) is 35.1 Å². The third-order valence-electron chi connectivity index (χ3n) is 10.6. The first-order valence-corrected chi connectivity index (χ1v) is 18.7. The normalized spacial score (nSPS) is 19.0. The van der Waals surface area contributed by atoms with Gasteiger partial charge in [0, 0.05) is 40.0 Å². The van der Waals surface area contributed by atoms with Crippen LogP contribution in [0.25, 0.3) is 0 Å². The van der Waals surface area contributed by atoms with E-state index in [1.54, 1.807) is 26.2 Å². The second kappa shape index (κ2) is 20.7. The van der Waals surface area contributed by atoms with Gasteiger partial charge in [-0.25, -0.2) is 0 Å². The van der Waals surface area contributed by atoms with Gasteiger partial charge in [-0.1, -0.05) is 67.0 Å². The number of ether oxygens (including phenoxy) is 2. The highest BCUT2D eigenvalue weighted by Crippen LogP contribution is 2.29. The highest BCUT2D eigenvalue weighted by atomic mass is 16.5. The van der Waals surface area contributed by atoms with E-state index in [0.29, 0.717) is 25.2 Å². The molecule has 0 spiro atoms. The van der Waals surface area contributed by atoms with Crippen LogP contribution >= 0.6 is 0 Å². The van der Waals surface area contributed by atoms with Crippen molar-refractivity contribution in [3.63, 3.8) is 0 Å². The van der Waals surface area contributed by atoms with E-state index in [0.717, 1.165) is 24.8 Å². The Kier molecular flexibility index (Phi) is 17.9. The van der Waals surface area contributed by atoms with Crippen molar-refractivity contribution < 1.29 is 28.7 Å². The van der Waals surface area contributed by atoms with Gasteiger partial charge in [0.05, 0.1) is 42.7 Å². The van der Waals surface area contributed by atoms with Gasteiger partial charge in [-0.05, 0) is 68.8 Å². The first kappa shape index (κ1) is 43.9. The summed E-state index contributed by atoms with van der Waals surface area (Å²) in [6.07, 6.45) is 1.93. The van der Waals surface area contributed by atoms with Crippen LogP contribution in [0.1, 0.15) is 79.7 Å². The third kappa shape index (κ3) is 11.9. The van der Waals surface area contributed by atoms with Crippen molar-refractivity contribution in [3.8, 4) is 0 Å². The molecule has 0 unspecified atom stereocenters. The van der Waals surface area contributed by atoms with Crippen molar-refractivity contribution in [2.45, 2.75) is 117 Å². The Bertz CT molecular complexity index is 1250. The molecule has 51 heavy (non-hydrogen) atoms. The van der Waals surface area contributed by atoms with Gasteiger partial charge in [0.2, 0.25) is 23.6 Å². The summed E-state index contributed by atoms with van der Waals surface area (Å²) in [6, 6.07) is 5.77. The van der Waals surface area contributed by atoms with Crippen LogP contribution in [0.3, 0.4) is 0 Å². The van der Waals surface area contributed by atoms with Crippen LogP contribution < -0.4 is 16.4 Å². The van der Waals surface area contributed by atoms with Crippen LogP contribution in [0.2, 0.25) is 0 Å². The standard InChI is InChI=1S/C39H68N6O6/c1-13-26(6)35(44(10)39(49)33(24(2)3)42-38(48)34(25(4)5)43(8)9)31(50-11)23-32(46)45-22-14-15-30(45)36(51-12)27(7)37(47)41-21-20-28-16-18-29(40)19-17-28/h16-19,24-27,30-31,33-36H,13-15,20-23,40H2,1-12H3,(H,41,47)(H,42,48)/t26-,27+,30-,31+,33-,34-,35-,36+/m0/s1. The molecule has 1 aromatic rings. The van der Waals surface area contributed by atoms with Crippen molar-refractivity contribution in [1.82, 2.24) is 25.3 Å². The maximum absolute atomic E-state index is 14.2. The van der Waals surface area contributed by atoms with Gasteiger partial charge in [0.15, 0.2) is 0 Å². The van der Waals surface area contributed by atoms with Crippen molar-refractivity contribution in [1.29, 1.82) is 0 Å². The number of methoxy groups -OCH3 is 2. The maximum Gasteiger partial charge on any atom is 0.245 e. The number of nitrogens with two attached hydrogens (primary N) is 1. The number of benzene rings is 1. The maximum atomic E-state index is 14.2. The lowest BCUT2D eigenvalue weighted by atomic mass is 9.89. The number of hydrogen-bond donors (Lipinski definition) is 3. The molecule has 4 N–H and O–H groups in total. The average Bonchev–Trinajstić information content (AvgIpc) is 3.56. The molecule has 0 aliphatic carbocycles.